The monoisotopic (exact) mass is 315 g/mol. The van der Waals surface area contributed by atoms with Crippen molar-refractivity contribution >= 4 is 21.6 Å². The van der Waals surface area contributed by atoms with Gasteiger partial charge in [0.2, 0.25) is 15.9 Å². The first-order valence-corrected chi connectivity index (χ1v) is 7.87. The van der Waals surface area contributed by atoms with E-state index in [1.807, 2.05) is 6.92 Å². The number of carbonyl (C=O) groups excluding carboxylic acids is 1. The molecule has 1 rings (SSSR count). The third-order valence-electron chi connectivity index (χ3n) is 3.01. The second-order valence-electron chi connectivity index (χ2n) is 4.79. The van der Waals surface area contributed by atoms with Crippen LogP contribution in [0.15, 0.2) is 11.0 Å². The fourth-order valence-corrected chi connectivity index (χ4v) is 3.58. The van der Waals surface area contributed by atoms with Crippen LogP contribution in [0.5, 0.6) is 0 Å². The highest BCUT2D eigenvalue weighted by Crippen LogP contribution is 2.27. The van der Waals surface area contributed by atoms with Gasteiger partial charge in [-0.05, 0) is 37.5 Å². The van der Waals surface area contributed by atoms with Crippen molar-refractivity contribution in [3.05, 3.63) is 22.8 Å². The normalized spacial score (nSPS) is 11.6. The maximum atomic E-state index is 12.3. The van der Waals surface area contributed by atoms with Gasteiger partial charge in [0.05, 0.1) is 11.5 Å². The molecule has 0 saturated carbocycles. The van der Waals surface area contributed by atoms with Crippen molar-refractivity contribution in [2.75, 3.05) is 25.5 Å². The highest BCUT2D eigenvalue weighted by atomic mass is 32.2. The van der Waals surface area contributed by atoms with Crippen molar-refractivity contribution in [1.82, 2.24) is 4.72 Å². The molecule has 21 heavy (non-hydrogen) atoms. The summed E-state index contributed by atoms with van der Waals surface area (Å²) < 4.78 is 32.0. The van der Waals surface area contributed by atoms with Crippen molar-refractivity contribution in [3.63, 3.8) is 0 Å². The van der Waals surface area contributed by atoms with Crippen LogP contribution < -0.4 is 16.2 Å². The van der Waals surface area contributed by atoms with Crippen LogP contribution >= 0.6 is 0 Å². The molecule has 0 saturated heterocycles. The number of anilines is 1. The number of hydrogen-bond acceptors (Lipinski definition) is 5. The minimum atomic E-state index is -3.69. The number of primary amides is 1. The molecule has 5 N–H and O–H groups in total. The predicted octanol–water partition coefficient (Wildman–Crippen LogP) is -0.0257. The standard InChI is InChI=1S/C13H21N3O4S/c1-8-6-9(2)13(10(3)12(8)15)21(18,19)16-4-5-20-7-11(14)17/h6,16H,4-5,7,15H2,1-3H3,(H2,14,17). The van der Waals surface area contributed by atoms with Crippen LogP contribution in [0.3, 0.4) is 0 Å². The summed E-state index contributed by atoms with van der Waals surface area (Å²) in [6.45, 7) is 5.09. The fourth-order valence-electron chi connectivity index (χ4n) is 2.09. The van der Waals surface area contributed by atoms with Crippen molar-refractivity contribution in [1.29, 1.82) is 0 Å². The lowest BCUT2D eigenvalue weighted by atomic mass is 10.1. The largest absolute Gasteiger partial charge is 0.398 e. The summed E-state index contributed by atoms with van der Waals surface area (Å²) in [5.74, 6) is -0.601. The summed E-state index contributed by atoms with van der Waals surface area (Å²) in [7, 11) is -3.69. The van der Waals surface area contributed by atoms with E-state index in [0.717, 1.165) is 5.56 Å². The summed E-state index contributed by atoms with van der Waals surface area (Å²) in [4.78, 5) is 10.7. The van der Waals surface area contributed by atoms with Crippen molar-refractivity contribution in [2.24, 2.45) is 5.73 Å². The number of ether oxygens (including phenoxy) is 1. The molecule has 0 bridgehead atoms. The zero-order chi connectivity index (χ0) is 16.2. The van der Waals surface area contributed by atoms with E-state index >= 15 is 0 Å². The fraction of sp³-hybridized carbons (Fsp3) is 0.462. The molecule has 0 fully saturated rings. The first kappa shape index (κ1) is 17.4. The van der Waals surface area contributed by atoms with E-state index in [-0.39, 0.29) is 24.7 Å². The Morgan fingerprint density at radius 1 is 1.29 bits per heavy atom. The van der Waals surface area contributed by atoms with Gasteiger partial charge in [0.25, 0.3) is 0 Å². The molecule has 8 heteroatoms. The molecule has 0 radical (unpaired) electrons. The van der Waals surface area contributed by atoms with Gasteiger partial charge in [0.15, 0.2) is 0 Å². The molecule has 118 valence electrons. The van der Waals surface area contributed by atoms with Gasteiger partial charge < -0.3 is 16.2 Å². The Balaban J connectivity index is 2.85. The maximum Gasteiger partial charge on any atom is 0.243 e. The number of sulfonamides is 1. The van der Waals surface area contributed by atoms with Gasteiger partial charge in [-0.25, -0.2) is 13.1 Å². The SMILES string of the molecule is Cc1cc(C)c(S(=O)(=O)NCCOCC(N)=O)c(C)c1N. The molecule has 1 aromatic rings. The Labute approximate surface area is 124 Å². The minimum absolute atomic E-state index is 0.0439. The van der Waals surface area contributed by atoms with E-state index in [0.29, 0.717) is 16.8 Å². The quantitative estimate of drug-likeness (QED) is 0.481. The van der Waals surface area contributed by atoms with Crippen LogP contribution in [-0.4, -0.2) is 34.1 Å². The van der Waals surface area contributed by atoms with Crippen LogP contribution in [0.4, 0.5) is 5.69 Å². The maximum absolute atomic E-state index is 12.3. The highest BCUT2D eigenvalue weighted by Gasteiger charge is 2.21. The highest BCUT2D eigenvalue weighted by molar-refractivity contribution is 7.89. The van der Waals surface area contributed by atoms with Crippen LogP contribution in [0.25, 0.3) is 0 Å². The smallest absolute Gasteiger partial charge is 0.243 e. The first-order valence-electron chi connectivity index (χ1n) is 6.38. The van der Waals surface area contributed by atoms with E-state index in [4.69, 9.17) is 16.2 Å². The van der Waals surface area contributed by atoms with Gasteiger partial charge in [-0.3, -0.25) is 4.79 Å². The summed E-state index contributed by atoms with van der Waals surface area (Å²) in [5.41, 5.74) is 13.3. The van der Waals surface area contributed by atoms with E-state index in [1.54, 1.807) is 19.9 Å². The number of amides is 1. The van der Waals surface area contributed by atoms with Gasteiger partial charge >= 0.3 is 0 Å². The summed E-state index contributed by atoms with van der Waals surface area (Å²) in [6, 6.07) is 1.74. The molecule has 0 spiro atoms. The molecule has 0 aliphatic carbocycles. The lowest BCUT2D eigenvalue weighted by Gasteiger charge is -2.15. The molecule has 1 aromatic carbocycles. The summed E-state index contributed by atoms with van der Waals surface area (Å²) in [6.07, 6.45) is 0. The van der Waals surface area contributed by atoms with E-state index in [1.165, 1.54) is 0 Å². The average molecular weight is 315 g/mol. The van der Waals surface area contributed by atoms with Crippen LogP contribution in [0.2, 0.25) is 0 Å². The van der Waals surface area contributed by atoms with Crippen LogP contribution in [-0.2, 0) is 19.6 Å². The van der Waals surface area contributed by atoms with Gasteiger partial charge in [-0.1, -0.05) is 6.07 Å². The Morgan fingerprint density at radius 3 is 2.48 bits per heavy atom. The van der Waals surface area contributed by atoms with Gasteiger partial charge in [-0.2, -0.15) is 0 Å². The van der Waals surface area contributed by atoms with Crippen molar-refractivity contribution in [2.45, 2.75) is 25.7 Å². The van der Waals surface area contributed by atoms with Crippen LogP contribution in [0, 0.1) is 20.8 Å². The number of hydrogen-bond donors (Lipinski definition) is 3. The number of nitrogens with two attached hydrogens (primary N) is 2. The number of benzene rings is 1. The Kier molecular flexibility index (Phi) is 5.70. The second kappa shape index (κ2) is 6.88. The number of aryl methyl sites for hydroxylation is 2. The van der Waals surface area contributed by atoms with Crippen molar-refractivity contribution in [3.8, 4) is 0 Å². The molecule has 7 nitrogen and oxygen atoms in total. The second-order valence-corrected chi connectivity index (χ2v) is 6.50. The third-order valence-corrected chi connectivity index (χ3v) is 4.76. The Morgan fingerprint density at radius 2 is 1.90 bits per heavy atom. The van der Waals surface area contributed by atoms with Gasteiger partial charge in [-0.15, -0.1) is 0 Å². The Bertz CT molecular complexity index is 641. The van der Waals surface area contributed by atoms with E-state index in [2.05, 4.69) is 4.72 Å². The molecule has 0 unspecified atom stereocenters. The number of nitrogens with one attached hydrogen (secondary N) is 1. The van der Waals surface area contributed by atoms with Crippen LogP contribution in [0.1, 0.15) is 16.7 Å². The zero-order valence-electron chi connectivity index (χ0n) is 12.4. The molecule has 0 aliphatic heterocycles. The molecule has 0 heterocycles. The minimum Gasteiger partial charge on any atom is -0.398 e. The van der Waals surface area contributed by atoms with Gasteiger partial charge in [0.1, 0.15) is 6.61 Å². The average Bonchev–Trinajstić information content (AvgIpc) is 2.34. The molecule has 1 amide bonds. The number of rotatable bonds is 7. The lowest BCUT2D eigenvalue weighted by molar-refractivity contribution is -0.122. The zero-order valence-corrected chi connectivity index (χ0v) is 13.2. The predicted molar refractivity (Wildman–Crippen MR) is 80.3 cm³/mol. The molecule has 0 aliphatic rings. The lowest BCUT2D eigenvalue weighted by Crippen LogP contribution is -2.30. The van der Waals surface area contributed by atoms with E-state index < -0.39 is 15.9 Å². The first-order chi connectivity index (χ1) is 9.66. The topological polar surface area (TPSA) is 125 Å². The Hall–Kier alpha value is -1.64. The van der Waals surface area contributed by atoms with Gasteiger partial charge in [0, 0.05) is 12.2 Å². The molecule has 0 aromatic heterocycles. The van der Waals surface area contributed by atoms with Crippen molar-refractivity contribution < 1.29 is 17.9 Å². The number of carbonyl (C=O) groups is 1. The third kappa shape index (κ3) is 4.42. The molecular weight excluding hydrogens is 294 g/mol. The number of nitrogen functional groups attached to an aromatic ring is 1. The molecular formula is C13H21N3O4S. The van der Waals surface area contributed by atoms with E-state index in [9.17, 15) is 13.2 Å². The molecule has 0 atom stereocenters. The summed E-state index contributed by atoms with van der Waals surface area (Å²) >= 11 is 0. The summed E-state index contributed by atoms with van der Waals surface area (Å²) in [5, 5.41) is 0.